The first-order valence-corrected chi connectivity index (χ1v) is 6.62. The molecule has 21 heavy (non-hydrogen) atoms. The summed E-state index contributed by atoms with van der Waals surface area (Å²) in [6, 6.07) is 12.2. The number of hydrogen-bond acceptors (Lipinski definition) is 3. The fourth-order valence-electron chi connectivity index (χ4n) is 1.98. The molecular weight excluding hydrogens is 271 g/mol. The Kier molecular flexibility index (Phi) is 4.93. The highest BCUT2D eigenvalue weighted by Gasteiger charge is 2.08. The Hall–Kier alpha value is -2.36. The standard InChI is InChI=1S/C17H17FO3/c1-12(19)10-13-6-8-15(9-7-13)21-11-14-4-3-5-16(20-2)17(14)18/h3-9H,10-11H2,1-2H3. The van der Waals surface area contributed by atoms with Crippen LogP contribution in [-0.2, 0) is 17.8 Å². The number of rotatable bonds is 6. The summed E-state index contributed by atoms with van der Waals surface area (Å²) in [7, 11) is 1.43. The highest BCUT2D eigenvalue weighted by Crippen LogP contribution is 2.22. The molecule has 0 unspecified atom stereocenters. The number of halogens is 1. The Morgan fingerprint density at radius 1 is 1.14 bits per heavy atom. The molecule has 3 nitrogen and oxygen atoms in total. The van der Waals surface area contributed by atoms with Crippen LogP contribution < -0.4 is 9.47 Å². The minimum absolute atomic E-state index is 0.113. The van der Waals surface area contributed by atoms with E-state index in [9.17, 15) is 9.18 Å². The van der Waals surface area contributed by atoms with Crippen molar-refractivity contribution in [3.05, 3.63) is 59.4 Å². The number of carbonyl (C=O) groups is 1. The molecule has 0 aromatic heterocycles. The largest absolute Gasteiger partial charge is 0.494 e. The zero-order valence-electron chi connectivity index (χ0n) is 12.1. The molecule has 0 atom stereocenters. The van der Waals surface area contributed by atoms with Crippen LogP contribution in [0, 0.1) is 5.82 Å². The van der Waals surface area contributed by atoms with E-state index in [1.54, 1.807) is 37.3 Å². The second-order valence-corrected chi connectivity index (χ2v) is 4.74. The molecule has 0 aliphatic rings. The van der Waals surface area contributed by atoms with Crippen LogP contribution in [0.25, 0.3) is 0 Å². The van der Waals surface area contributed by atoms with Gasteiger partial charge in [-0.3, -0.25) is 4.79 Å². The molecule has 110 valence electrons. The normalized spacial score (nSPS) is 10.2. The molecule has 0 bridgehead atoms. The number of ether oxygens (including phenoxy) is 2. The van der Waals surface area contributed by atoms with Gasteiger partial charge in [-0.15, -0.1) is 0 Å². The maximum absolute atomic E-state index is 13.9. The van der Waals surface area contributed by atoms with E-state index < -0.39 is 5.82 Å². The van der Waals surface area contributed by atoms with E-state index in [1.165, 1.54) is 7.11 Å². The van der Waals surface area contributed by atoms with Gasteiger partial charge in [0.1, 0.15) is 18.1 Å². The predicted octanol–water partition coefficient (Wildman–Crippen LogP) is 3.54. The van der Waals surface area contributed by atoms with Gasteiger partial charge in [0, 0.05) is 12.0 Å². The van der Waals surface area contributed by atoms with E-state index in [0.29, 0.717) is 17.7 Å². The average molecular weight is 288 g/mol. The number of hydrogen-bond donors (Lipinski definition) is 0. The van der Waals surface area contributed by atoms with E-state index in [-0.39, 0.29) is 18.1 Å². The van der Waals surface area contributed by atoms with E-state index in [4.69, 9.17) is 9.47 Å². The van der Waals surface area contributed by atoms with Crippen LogP contribution >= 0.6 is 0 Å². The molecule has 0 aliphatic heterocycles. The highest BCUT2D eigenvalue weighted by molar-refractivity contribution is 5.78. The van der Waals surface area contributed by atoms with E-state index in [0.717, 1.165) is 5.56 Å². The molecule has 4 heteroatoms. The maximum atomic E-state index is 13.9. The van der Waals surface area contributed by atoms with Crippen molar-refractivity contribution in [3.8, 4) is 11.5 Å². The lowest BCUT2D eigenvalue weighted by Gasteiger charge is -2.09. The van der Waals surface area contributed by atoms with Gasteiger partial charge in [-0.05, 0) is 30.7 Å². The van der Waals surface area contributed by atoms with Crippen molar-refractivity contribution in [1.82, 2.24) is 0 Å². The number of methoxy groups -OCH3 is 1. The predicted molar refractivity (Wildman–Crippen MR) is 78.1 cm³/mol. The first kappa shape index (κ1) is 15.0. The summed E-state index contributed by atoms with van der Waals surface area (Å²) in [5, 5.41) is 0. The van der Waals surface area contributed by atoms with Crippen molar-refractivity contribution in [2.45, 2.75) is 20.0 Å². The number of Topliss-reactive ketones (excluding diaryl/α,β-unsaturated/α-hetero) is 1. The molecular formula is C17H17FO3. The van der Waals surface area contributed by atoms with Crippen molar-refractivity contribution in [2.24, 2.45) is 0 Å². The van der Waals surface area contributed by atoms with Gasteiger partial charge in [0.15, 0.2) is 11.6 Å². The average Bonchev–Trinajstić information content (AvgIpc) is 2.47. The smallest absolute Gasteiger partial charge is 0.171 e. The summed E-state index contributed by atoms with van der Waals surface area (Å²) in [6.45, 7) is 1.67. The Balaban J connectivity index is 2.01. The van der Waals surface area contributed by atoms with Gasteiger partial charge in [0.2, 0.25) is 0 Å². The zero-order chi connectivity index (χ0) is 15.2. The number of carbonyl (C=O) groups excluding carboxylic acids is 1. The summed E-state index contributed by atoms with van der Waals surface area (Å²) >= 11 is 0. The Morgan fingerprint density at radius 3 is 2.48 bits per heavy atom. The number of benzene rings is 2. The molecule has 2 rings (SSSR count). The van der Waals surface area contributed by atoms with Gasteiger partial charge in [0.25, 0.3) is 0 Å². The molecule has 2 aromatic carbocycles. The quantitative estimate of drug-likeness (QED) is 0.815. The van der Waals surface area contributed by atoms with Crippen molar-refractivity contribution in [3.63, 3.8) is 0 Å². The molecule has 0 saturated heterocycles. The molecule has 0 fully saturated rings. The molecule has 0 amide bonds. The summed E-state index contributed by atoms with van der Waals surface area (Å²) in [5.41, 5.74) is 1.37. The lowest BCUT2D eigenvalue weighted by molar-refractivity contribution is -0.116. The lowest BCUT2D eigenvalue weighted by atomic mass is 10.1. The molecule has 0 saturated carbocycles. The fraction of sp³-hybridized carbons (Fsp3) is 0.235. The summed E-state index contributed by atoms with van der Waals surface area (Å²) in [6.07, 6.45) is 0.408. The van der Waals surface area contributed by atoms with Crippen molar-refractivity contribution >= 4 is 5.78 Å². The maximum Gasteiger partial charge on any atom is 0.171 e. The second-order valence-electron chi connectivity index (χ2n) is 4.74. The van der Waals surface area contributed by atoms with E-state index in [1.807, 2.05) is 12.1 Å². The molecule has 0 radical (unpaired) electrons. The first-order valence-electron chi connectivity index (χ1n) is 6.62. The second kappa shape index (κ2) is 6.88. The van der Waals surface area contributed by atoms with Crippen LogP contribution in [0.1, 0.15) is 18.1 Å². The highest BCUT2D eigenvalue weighted by atomic mass is 19.1. The van der Waals surface area contributed by atoms with Crippen LogP contribution in [-0.4, -0.2) is 12.9 Å². The third kappa shape index (κ3) is 4.05. The fourth-order valence-corrected chi connectivity index (χ4v) is 1.98. The SMILES string of the molecule is COc1cccc(COc2ccc(CC(C)=O)cc2)c1F. The monoisotopic (exact) mass is 288 g/mol. The molecule has 0 heterocycles. The Labute approximate surface area is 123 Å². The van der Waals surface area contributed by atoms with E-state index in [2.05, 4.69) is 0 Å². The van der Waals surface area contributed by atoms with Crippen LogP contribution in [0.3, 0.4) is 0 Å². The summed E-state index contributed by atoms with van der Waals surface area (Å²) < 4.78 is 24.4. The summed E-state index contributed by atoms with van der Waals surface area (Å²) in [5.74, 6) is 0.535. The Bertz CT molecular complexity index is 620. The Morgan fingerprint density at radius 2 is 1.86 bits per heavy atom. The zero-order valence-corrected chi connectivity index (χ0v) is 12.1. The van der Waals surface area contributed by atoms with Gasteiger partial charge in [-0.2, -0.15) is 0 Å². The summed E-state index contributed by atoms with van der Waals surface area (Å²) in [4.78, 5) is 11.0. The van der Waals surface area contributed by atoms with Crippen molar-refractivity contribution in [1.29, 1.82) is 0 Å². The van der Waals surface area contributed by atoms with Crippen LogP contribution in [0.2, 0.25) is 0 Å². The lowest BCUT2D eigenvalue weighted by Crippen LogP contribution is -2.01. The topological polar surface area (TPSA) is 35.5 Å². The molecule has 2 aromatic rings. The van der Waals surface area contributed by atoms with Gasteiger partial charge < -0.3 is 9.47 Å². The van der Waals surface area contributed by atoms with Crippen LogP contribution in [0.4, 0.5) is 4.39 Å². The molecule has 0 N–H and O–H groups in total. The van der Waals surface area contributed by atoms with Gasteiger partial charge >= 0.3 is 0 Å². The minimum atomic E-state index is -0.409. The van der Waals surface area contributed by atoms with Crippen LogP contribution in [0.5, 0.6) is 11.5 Å². The van der Waals surface area contributed by atoms with E-state index >= 15 is 0 Å². The van der Waals surface area contributed by atoms with Crippen LogP contribution in [0.15, 0.2) is 42.5 Å². The molecule has 0 aliphatic carbocycles. The van der Waals surface area contributed by atoms with Gasteiger partial charge in [-0.1, -0.05) is 24.3 Å². The third-order valence-corrected chi connectivity index (χ3v) is 3.03. The van der Waals surface area contributed by atoms with Gasteiger partial charge in [0.05, 0.1) is 7.11 Å². The third-order valence-electron chi connectivity index (χ3n) is 3.03. The van der Waals surface area contributed by atoms with Gasteiger partial charge in [-0.25, -0.2) is 4.39 Å². The van der Waals surface area contributed by atoms with Crippen molar-refractivity contribution in [2.75, 3.05) is 7.11 Å². The first-order chi connectivity index (χ1) is 10.1. The van der Waals surface area contributed by atoms with Crippen molar-refractivity contribution < 1.29 is 18.7 Å². The number of ketones is 1. The molecule has 0 spiro atoms. The minimum Gasteiger partial charge on any atom is -0.494 e.